The van der Waals surface area contributed by atoms with Crippen molar-refractivity contribution >= 4 is 50.2 Å². The summed E-state index contributed by atoms with van der Waals surface area (Å²) in [6.07, 6.45) is 4.24. The van der Waals surface area contributed by atoms with Crippen molar-refractivity contribution in [3.05, 3.63) is 70.0 Å². The van der Waals surface area contributed by atoms with Crippen molar-refractivity contribution in [2.45, 2.75) is 67.3 Å². The van der Waals surface area contributed by atoms with Crippen LogP contribution in [-0.4, -0.2) is 55.5 Å². The number of halogens is 3. The molecule has 6 rings (SSSR count). The first-order valence-electron chi connectivity index (χ1n) is 13.9. The Bertz CT molecular complexity index is 1810. The van der Waals surface area contributed by atoms with Gasteiger partial charge in [0.25, 0.3) is 0 Å². The number of Topliss-reactive ketones (excluding diaryl/α,β-unsaturated/α-hetero) is 1. The van der Waals surface area contributed by atoms with Gasteiger partial charge in [0.2, 0.25) is 0 Å². The number of pyridine rings is 1. The van der Waals surface area contributed by atoms with E-state index in [9.17, 15) is 18.8 Å². The van der Waals surface area contributed by atoms with Gasteiger partial charge in [-0.05, 0) is 6.92 Å². The number of carbonyl (C=O) groups excluding carboxylic acids is 3. The van der Waals surface area contributed by atoms with Crippen molar-refractivity contribution in [2.75, 3.05) is 5.32 Å². The van der Waals surface area contributed by atoms with Crippen LogP contribution in [0.5, 0.6) is 0 Å². The number of aromatic nitrogens is 4. The molecular weight excluding hydrogens is 730 g/mol. The van der Waals surface area contributed by atoms with Crippen molar-refractivity contribution in [1.82, 2.24) is 24.4 Å². The summed E-state index contributed by atoms with van der Waals surface area (Å²) in [5, 5.41) is 3.66. The van der Waals surface area contributed by atoms with Gasteiger partial charge in [-0.15, -0.1) is 0 Å². The van der Waals surface area contributed by atoms with E-state index in [4.69, 9.17) is 0 Å². The summed E-state index contributed by atoms with van der Waals surface area (Å²) >= 11 is 3.12. The molecule has 0 spiro atoms. The van der Waals surface area contributed by atoms with Gasteiger partial charge < -0.3 is 0 Å². The normalized spacial score (nSPS) is 21.7. The summed E-state index contributed by atoms with van der Waals surface area (Å²) in [6, 6.07) is 6.94. The Balaban J connectivity index is 1.31. The Kier molecular flexibility index (Phi) is 7.64. The number of ketones is 1. The fourth-order valence-electron chi connectivity index (χ4n) is 5.82. The van der Waals surface area contributed by atoms with Gasteiger partial charge in [-0.1, -0.05) is 0 Å². The number of rotatable bonds is 7. The molecular formula is C31H30BrFIN6O3-. The van der Waals surface area contributed by atoms with Gasteiger partial charge in [0.1, 0.15) is 0 Å². The molecule has 0 bridgehead atoms. The Hall–Kier alpha value is -3.26. The molecule has 5 heterocycles. The third kappa shape index (κ3) is 5.47. The van der Waals surface area contributed by atoms with Crippen LogP contribution in [0.3, 0.4) is 0 Å². The zero-order valence-corrected chi connectivity index (χ0v) is 28.0. The summed E-state index contributed by atoms with van der Waals surface area (Å²) in [6.45, 7) is 8.86. The van der Waals surface area contributed by atoms with E-state index in [0.717, 1.165) is 22.2 Å². The van der Waals surface area contributed by atoms with Gasteiger partial charge in [0.15, 0.2) is 12.0 Å². The fourth-order valence-corrected chi connectivity index (χ4v) is 9.52. The summed E-state index contributed by atoms with van der Waals surface area (Å²) in [4.78, 5) is 54.7. The van der Waals surface area contributed by atoms with Crippen LogP contribution in [0, 0.1) is 13.8 Å². The number of hydrogen-bond acceptors (Lipinski definition) is 6. The monoisotopic (exact) mass is 759 g/mol. The molecule has 9 nitrogen and oxygen atoms in total. The summed E-state index contributed by atoms with van der Waals surface area (Å²) in [5.74, 6) is 0.0750. The molecule has 43 heavy (non-hydrogen) atoms. The second-order valence-electron chi connectivity index (χ2n) is 11.4. The van der Waals surface area contributed by atoms with Crippen LogP contribution in [0.4, 0.5) is 10.2 Å². The maximum atomic E-state index is 14.0. The average molecular weight is 760 g/mol. The van der Waals surface area contributed by atoms with Gasteiger partial charge in [0, 0.05) is 0 Å². The van der Waals surface area contributed by atoms with E-state index in [1.54, 1.807) is 23.5 Å². The zero-order valence-electron chi connectivity index (χ0n) is 24.3. The van der Waals surface area contributed by atoms with Crippen molar-refractivity contribution in [2.24, 2.45) is 0 Å². The molecule has 1 N–H and O–H groups in total. The minimum atomic E-state index is -1.27. The average Bonchev–Trinajstić information content (AvgIpc) is 3.31. The molecule has 1 aromatic carbocycles. The zero-order chi connectivity index (χ0) is 30.8. The van der Waals surface area contributed by atoms with Crippen LogP contribution in [0.1, 0.15) is 60.7 Å². The van der Waals surface area contributed by atoms with E-state index in [2.05, 4.69) is 43.1 Å². The molecule has 2 amide bonds. The molecule has 2 saturated heterocycles. The van der Waals surface area contributed by atoms with Crippen LogP contribution < -0.4 is 26.5 Å². The predicted octanol–water partition coefficient (Wildman–Crippen LogP) is 2.53. The molecule has 4 atom stereocenters. The number of hydrogen-bond donors (Lipinski definition) is 1. The first-order chi connectivity index (χ1) is 20.4. The van der Waals surface area contributed by atoms with Crippen LogP contribution in [0.2, 0.25) is 0 Å². The third-order valence-electron chi connectivity index (χ3n) is 8.08. The van der Waals surface area contributed by atoms with E-state index in [0.29, 0.717) is 33.4 Å². The van der Waals surface area contributed by atoms with Crippen LogP contribution in [0.25, 0.3) is 22.0 Å². The van der Waals surface area contributed by atoms with Crippen LogP contribution in [-0.2, 0) is 16.1 Å². The Morgan fingerprint density at radius 1 is 1.16 bits per heavy atom. The first-order valence-corrected chi connectivity index (χ1v) is 17.0. The summed E-state index contributed by atoms with van der Waals surface area (Å²) in [7, 11) is 0. The molecule has 224 valence electrons. The number of likely N-dealkylation sites (tertiary alicyclic amines) is 1. The number of benzene rings is 1. The van der Waals surface area contributed by atoms with Gasteiger partial charge in [-0.2, -0.15) is 0 Å². The molecule has 0 radical (unpaired) electrons. The van der Waals surface area contributed by atoms with Crippen molar-refractivity contribution in [3.63, 3.8) is 0 Å². The number of aryl methyl sites for hydroxylation is 2. The van der Waals surface area contributed by atoms with Gasteiger partial charge >= 0.3 is 245 Å². The Morgan fingerprint density at radius 2 is 1.88 bits per heavy atom. The van der Waals surface area contributed by atoms with Gasteiger partial charge in [-0.3, -0.25) is 0 Å². The number of anilines is 1. The molecule has 2 aliphatic rings. The quantitative estimate of drug-likeness (QED) is 0.102. The van der Waals surface area contributed by atoms with E-state index in [1.807, 2.05) is 42.7 Å². The maximum absolute atomic E-state index is 14.0. The van der Waals surface area contributed by atoms with E-state index >= 15 is 0 Å². The first kappa shape index (κ1) is 29.8. The Labute approximate surface area is 267 Å². The number of amides is 2. The second-order valence-corrected chi connectivity index (χ2v) is 16.5. The second kappa shape index (κ2) is 11.0. The standard InChI is InChI=1S/C31H30BrFIN6O3/c1-15-6-7-24(32)37-27(15)38-29(43)23-10-31(5)30(34-31)40(23)25(42)14-39-13-22(18(4)41)21-9-19(8-16(2)26(21)39)20-11-35-28(17(3)33)36-12-20/h6-9,11-13,17,23,30H,10,14H2,1-5H3,(H,37,38,43)/q-1/t17?,23-,30-,31+/m0/s1. The molecule has 2 aliphatic heterocycles. The summed E-state index contributed by atoms with van der Waals surface area (Å²) in [5.41, 5.74) is 4.47. The molecule has 12 heteroatoms. The molecule has 3 aromatic heterocycles. The summed E-state index contributed by atoms with van der Waals surface area (Å²) < 4.78 is 16.2. The minimum absolute atomic E-state index is 0.00439. The fraction of sp³-hybridized carbons (Fsp3) is 0.355. The van der Waals surface area contributed by atoms with Gasteiger partial charge in [0.05, 0.1) is 0 Å². The number of fused-ring (bicyclic) bond motifs is 2. The molecule has 1 unspecified atom stereocenters. The van der Waals surface area contributed by atoms with E-state index in [-0.39, 0.29) is 58.6 Å². The van der Waals surface area contributed by atoms with Crippen LogP contribution in [0.15, 0.2) is 47.5 Å². The number of alkyl halides is 3. The predicted molar refractivity (Wildman–Crippen MR) is 160 cm³/mol. The van der Waals surface area contributed by atoms with Crippen molar-refractivity contribution < 1.29 is 40.0 Å². The number of carbonyl (C=O) groups is 3. The molecule has 4 aromatic rings. The molecule has 0 aliphatic carbocycles. The van der Waals surface area contributed by atoms with E-state index in [1.165, 1.54) is 13.8 Å². The SMILES string of the molecule is CC(=O)c1cn(CC(=O)N2[C@H](C(=O)Nc3nc(Br)ccc3C)C[C@@]3(C)[I-][C@@H]23)c2c(C)cc(-c3cnc(C(C)F)nc3)cc12. The third-order valence-corrected chi connectivity index (χ3v) is 12.9. The van der Waals surface area contributed by atoms with Crippen molar-refractivity contribution in [3.8, 4) is 11.1 Å². The van der Waals surface area contributed by atoms with Gasteiger partial charge in [-0.25, -0.2) is 4.39 Å². The Morgan fingerprint density at radius 3 is 2.56 bits per heavy atom. The van der Waals surface area contributed by atoms with E-state index < -0.39 is 12.2 Å². The topological polar surface area (TPSA) is 110 Å². The van der Waals surface area contributed by atoms with Crippen molar-refractivity contribution in [1.29, 1.82) is 0 Å². The number of nitrogens with zero attached hydrogens (tertiary/aromatic N) is 5. The molecule has 2 fully saturated rings. The van der Waals surface area contributed by atoms with Crippen LogP contribution >= 0.6 is 15.9 Å². The number of nitrogens with one attached hydrogen (secondary N) is 1. The molecule has 0 saturated carbocycles.